The number of rotatable bonds is 2. The minimum atomic E-state index is 0.118. The molecule has 0 aromatic carbocycles. The summed E-state index contributed by atoms with van der Waals surface area (Å²) in [4.78, 5) is 2.50. The van der Waals surface area contributed by atoms with Crippen LogP contribution in [-0.2, 0) is 4.74 Å². The summed E-state index contributed by atoms with van der Waals surface area (Å²) in [5.41, 5.74) is 6.06. The largest absolute Gasteiger partial charge is 0.409 e. The number of oxime groups is 1. The van der Waals surface area contributed by atoms with Gasteiger partial charge in [0.2, 0.25) is 0 Å². The Morgan fingerprint density at radius 1 is 1.14 bits per heavy atom. The number of ether oxygens (including phenoxy) is 1. The summed E-state index contributed by atoms with van der Waals surface area (Å²) >= 11 is 0. The number of hydrogen-bond acceptors (Lipinski definition) is 4. The van der Waals surface area contributed by atoms with Crippen molar-refractivity contribution in [2.75, 3.05) is 13.2 Å². The average molecular weight is 295 g/mol. The van der Waals surface area contributed by atoms with Gasteiger partial charge in [0.1, 0.15) is 0 Å². The molecule has 120 valence electrons. The second kappa shape index (κ2) is 6.53. The fourth-order valence-electron chi connectivity index (χ4n) is 4.60. The third kappa shape index (κ3) is 3.19. The molecule has 3 fully saturated rings. The lowest BCUT2D eigenvalue weighted by molar-refractivity contribution is -0.128. The molecule has 21 heavy (non-hydrogen) atoms. The first kappa shape index (κ1) is 15.1. The minimum Gasteiger partial charge on any atom is -0.409 e. The SMILES string of the molecule is NC(=NO)C1CCCCN1C1CCOC2(CCCCC2)C1. The van der Waals surface area contributed by atoms with E-state index in [9.17, 15) is 0 Å². The molecule has 0 bridgehead atoms. The van der Waals surface area contributed by atoms with Gasteiger partial charge in [-0.15, -0.1) is 0 Å². The topological polar surface area (TPSA) is 71.1 Å². The van der Waals surface area contributed by atoms with Crippen molar-refractivity contribution in [2.24, 2.45) is 10.9 Å². The second-order valence-corrected chi connectivity index (χ2v) is 7.01. The molecule has 0 amide bonds. The van der Waals surface area contributed by atoms with Gasteiger partial charge in [-0.25, -0.2) is 0 Å². The predicted octanol–water partition coefficient (Wildman–Crippen LogP) is 2.47. The molecule has 0 radical (unpaired) electrons. The van der Waals surface area contributed by atoms with Gasteiger partial charge in [0.25, 0.3) is 0 Å². The van der Waals surface area contributed by atoms with Gasteiger partial charge in [-0.3, -0.25) is 4.90 Å². The van der Waals surface area contributed by atoms with E-state index in [0.29, 0.717) is 11.9 Å². The summed E-state index contributed by atoms with van der Waals surface area (Å²) in [6.45, 7) is 1.94. The highest BCUT2D eigenvalue weighted by molar-refractivity contribution is 5.85. The average Bonchev–Trinajstić information content (AvgIpc) is 2.55. The van der Waals surface area contributed by atoms with E-state index in [0.717, 1.165) is 32.4 Å². The molecule has 3 N–H and O–H groups in total. The molecule has 2 unspecified atom stereocenters. The van der Waals surface area contributed by atoms with E-state index in [4.69, 9.17) is 15.7 Å². The molecule has 5 heteroatoms. The van der Waals surface area contributed by atoms with E-state index in [2.05, 4.69) is 10.1 Å². The van der Waals surface area contributed by atoms with Gasteiger partial charge in [-0.05, 0) is 45.1 Å². The van der Waals surface area contributed by atoms with Gasteiger partial charge < -0.3 is 15.7 Å². The summed E-state index contributed by atoms with van der Waals surface area (Å²) in [5, 5.41) is 12.3. The van der Waals surface area contributed by atoms with Crippen molar-refractivity contribution in [3.63, 3.8) is 0 Å². The first-order valence-corrected chi connectivity index (χ1v) is 8.61. The second-order valence-electron chi connectivity index (χ2n) is 7.01. The van der Waals surface area contributed by atoms with Crippen LogP contribution in [0.3, 0.4) is 0 Å². The van der Waals surface area contributed by atoms with Crippen molar-refractivity contribution in [1.29, 1.82) is 0 Å². The molecular weight excluding hydrogens is 266 g/mol. The zero-order chi connectivity index (χ0) is 14.7. The lowest BCUT2D eigenvalue weighted by atomic mass is 9.77. The molecule has 0 aromatic heterocycles. The van der Waals surface area contributed by atoms with Crippen LogP contribution in [0.15, 0.2) is 5.16 Å². The van der Waals surface area contributed by atoms with E-state index < -0.39 is 0 Å². The first-order valence-electron chi connectivity index (χ1n) is 8.61. The summed E-state index contributed by atoms with van der Waals surface area (Å²) < 4.78 is 6.21. The van der Waals surface area contributed by atoms with Crippen LogP contribution in [0.2, 0.25) is 0 Å². The first-order chi connectivity index (χ1) is 10.2. The number of amidine groups is 1. The Balaban J connectivity index is 1.71. The van der Waals surface area contributed by atoms with Crippen LogP contribution in [0.5, 0.6) is 0 Å². The van der Waals surface area contributed by atoms with Crippen LogP contribution >= 0.6 is 0 Å². The van der Waals surface area contributed by atoms with Gasteiger partial charge in [0.15, 0.2) is 5.84 Å². The van der Waals surface area contributed by atoms with Crippen molar-refractivity contribution < 1.29 is 9.94 Å². The van der Waals surface area contributed by atoms with Crippen molar-refractivity contribution in [2.45, 2.75) is 81.9 Å². The molecule has 3 aliphatic rings. The van der Waals surface area contributed by atoms with E-state index in [1.165, 1.54) is 44.9 Å². The fourth-order valence-corrected chi connectivity index (χ4v) is 4.60. The van der Waals surface area contributed by atoms with E-state index in [-0.39, 0.29) is 11.6 Å². The maximum Gasteiger partial charge on any atom is 0.156 e. The summed E-state index contributed by atoms with van der Waals surface area (Å²) in [5.74, 6) is 0.388. The van der Waals surface area contributed by atoms with E-state index in [1.807, 2.05) is 0 Å². The van der Waals surface area contributed by atoms with Gasteiger partial charge in [-0.1, -0.05) is 30.8 Å². The highest BCUT2D eigenvalue weighted by Crippen LogP contribution is 2.40. The predicted molar refractivity (Wildman–Crippen MR) is 82.5 cm³/mol. The smallest absolute Gasteiger partial charge is 0.156 e. The third-order valence-corrected chi connectivity index (χ3v) is 5.70. The highest BCUT2D eigenvalue weighted by atomic mass is 16.5. The van der Waals surface area contributed by atoms with Gasteiger partial charge >= 0.3 is 0 Å². The zero-order valence-electron chi connectivity index (χ0n) is 13.0. The molecule has 5 nitrogen and oxygen atoms in total. The van der Waals surface area contributed by atoms with Crippen molar-refractivity contribution in [3.05, 3.63) is 0 Å². The van der Waals surface area contributed by atoms with Gasteiger partial charge in [0, 0.05) is 12.6 Å². The number of nitrogens with two attached hydrogens (primary N) is 1. The molecule has 2 aliphatic heterocycles. The van der Waals surface area contributed by atoms with E-state index >= 15 is 0 Å². The Hall–Kier alpha value is -0.810. The standard InChI is InChI=1S/C16H29N3O2/c17-15(18-20)14-6-2-5-10-19(14)13-7-11-21-16(12-13)8-3-1-4-9-16/h13-14,20H,1-12H2,(H2,17,18). The van der Waals surface area contributed by atoms with E-state index in [1.54, 1.807) is 0 Å². The monoisotopic (exact) mass is 295 g/mol. The fraction of sp³-hybridized carbons (Fsp3) is 0.938. The van der Waals surface area contributed by atoms with Crippen molar-refractivity contribution >= 4 is 5.84 Å². The quantitative estimate of drug-likeness (QED) is 0.355. The Morgan fingerprint density at radius 2 is 1.95 bits per heavy atom. The Kier molecular flexibility index (Phi) is 4.69. The minimum absolute atomic E-state index is 0.118. The summed E-state index contributed by atoms with van der Waals surface area (Å²) in [6, 6.07) is 0.648. The summed E-state index contributed by atoms with van der Waals surface area (Å²) in [6.07, 6.45) is 12.0. The molecule has 1 aliphatic carbocycles. The Labute approximate surface area is 127 Å². The number of piperidine rings is 1. The molecular formula is C16H29N3O2. The molecule has 2 heterocycles. The third-order valence-electron chi connectivity index (χ3n) is 5.70. The molecule has 1 saturated carbocycles. The Morgan fingerprint density at radius 3 is 2.71 bits per heavy atom. The van der Waals surface area contributed by atoms with Crippen molar-refractivity contribution in [3.8, 4) is 0 Å². The maximum atomic E-state index is 9.06. The molecule has 2 saturated heterocycles. The van der Waals surface area contributed by atoms with Crippen LogP contribution in [0.4, 0.5) is 0 Å². The van der Waals surface area contributed by atoms with Crippen LogP contribution < -0.4 is 5.73 Å². The summed E-state index contributed by atoms with van der Waals surface area (Å²) in [7, 11) is 0. The van der Waals surface area contributed by atoms with Crippen LogP contribution in [-0.4, -0.2) is 46.8 Å². The number of hydrogen-bond donors (Lipinski definition) is 2. The number of likely N-dealkylation sites (tertiary alicyclic amines) is 1. The van der Waals surface area contributed by atoms with Crippen LogP contribution in [0, 0.1) is 0 Å². The van der Waals surface area contributed by atoms with Gasteiger partial charge in [-0.2, -0.15) is 0 Å². The molecule has 3 rings (SSSR count). The molecule has 0 aromatic rings. The highest BCUT2D eigenvalue weighted by Gasteiger charge is 2.42. The Bertz CT molecular complexity index is 374. The van der Waals surface area contributed by atoms with Crippen LogP contribution in [0.25, 0.3) is 0 Å². The molecule has 2 atom stereocenters. The zero-order valence-corrected chi connectivity index (χ0v) is 13.0. The number of nitrogens with zero attached hydrogens (tertiary/aromatic N) is 2. The maximum absolute atomic E-state index is 9.06. The van der Waals surface area contributed by atoms with Gasteiger partial charge in [0.05, 0.1) is 11.6 Å². The normalized spacial score (nSPS) is 35.0. The van der Waals surface area contributed by atoms with Crippen LogP contribution in [0.1, 0.15) is 64.2 Å². The lowest BCUT2D eigenvalue weighted by Gasteiger charge is -2.49. The molecule has 1 spiro atoms. The van der Waals surface area contributed by atoms with Crippen molar-refractivity contribution in [1.82, 2.24) is 4.90 Å². The lowest BCUT2D eigenvalue weighted by Crippen LogP contribution is -2.57.